The van der Waals surface area contributed by atoms with Gasteiger partial charge in [-0.05, 0) is 39.0 Å². The third-order valence-corrected chi connectivity index (χ3v) is 2.96. The van der Waals surface area contributed by atoms with Gasteiger partial charge in [0.1, 0.15) is 5.69 Å². The zero-order valence-electron chi connectivity index (χ0n) is 12.4. The third kappa shape index (κ3) is 2.62. The first kappa shape index (κ1) is 14.1. The molecular formula is C14H15N5O3. The highest BCUT2D eigenvalue weighted by Gasteiger charge is 2.19. The minimum absolute atomic E-state index is 0.00515. The summed E-state index contributed by atoms with van der Waals surface area (Å²) in [7, 11) is 0. The molecule has 8 heteroatoms. The standard InChI is InChI=1S/C14H15N5O3/c1-8(2)19-10(7-9(3)18-19)12(20)15-14-17-16-13(22-14)11-5-4-6-21-11/h4-8H,1-3H3,(H,15,17,20). The molecule has 22 heavy (non-hydrogen) atoms. The van der Waals surface area contributed by atoms with E-state index < -0.39 is 0 Å². The number of aryl methyl sites for hydroxylation is 1. The largest absolute Gasteiger partial charge is 0.459 e. The first-order valence-corrected chi connectivity index (χ1v) is 6.79. The number of nitrogens with one attached hydrogen (secondary N) is 1. The van der Waals surface area contributed by atoms with Gasteiger partial charge < -0.3 is 8.83 Å². The molecule has 0 spiro atoms. The second kappa shape index (κ2) is 5.47. The number of amides is 1. The molecule has 8 nitrogen and oxygen atoms in total. The number of hydrogen-bond acceptors (Lipinski definition) is 6. The van der Waals surface area contributed by atoms with Gasteiger partial charge in [0.05, 0.1) is 12.0 Å². The molecule has 3 aromatic rings. The Morgan fingerprint density at radius 1 is 1.36 bits per heavy atom. The molecule has 0 saturated carbocycles. The van der Waals surface area contributed by atoms with E-state index in [2.05, 4.69) is 20.6 Å². The van der Waals surface area contributed by atoms with E-state index in [1.807, 2.05) is 20.8 Å². The molecule has 3 heterocycles. The molecule has 0 aliphatic rings. The topological polar surface area (TPSA) is 99.0 Å². The normalized spacial score (nSPS) is 11.1. The third-order valence-electron chi connectivity index (χ3n) is 2.96. The number of rotatable bonds is 4. The summed E-state index contributed by atoms with van der Waals surface area (Å²) in [6, 6.07) is 5.18. The van der Waals surface area contributed by atoms with Gasteiger partial charge in [0, 0.05) is 6.04 Å². The molecule has 0 aliphatic heterocycles. The lowest BCUT2D eigenvalue weighted by Crippen LogP contribution is -2.19. The maximum atomic E-state index is 12.3. The van der Waals surface area contributed by atoms with E-state index in [1.54, 1.807) is 22.9 Å². The Morgan fingerprint density at radius 2 is 2.18 bits per heavy atom. The Hall–Kier alpha value is -2.90. The summed E-state index contributed by atoms with van der Waals surface area (Å²) < 4.78 is 12.2. The van der Waals surface area contributed by atoms with Crippen LogP contribution in [0.3, 0.4) is 0 Å². The van der Waals surface area contributed by atoms with Crippen LogP contribution in [-0.4, -0.2) is 25.9 Å². The Morgan fingerprint density at radius 3 is 2.86 bits per heavy atom. The number of nitrogens with zero attached hydrogens (tertiary/aromatic N) is 4. The lowest BCUT2D eigenvalue weighted by Gasteiger charge is -2.09. The van der Waals surface area contributed by atoms with E-state index in [1.165, 1.54) is 6.26 Å². The minimum atomic E-state index is -0.357. The van der Waals surface area contributed by atoms with Crippen LogP contribution in [0.4, 0.5) is 6.01 Å². The predicted octanol–water partition coefficient (Wildman–Crippen LogP) is 2.67. The molecule has 0 atom stereocenters. The SMILES string of the molecule is Cc1cc(C(=O)Nc2nnc(-c3ccco3)o2)n(C(C)C)n1. The first-order chi connectivity index (χ1) is 10.5. The van der Waals surface area contributed by atoms with Crippen molar-refractivity contribution in [3.8, 4) is 11.7 Å². The summed E-state index contributed by atoms with van der Waals surface area (Å²) in [4.78, 5) is 12.3. The van der Waals surface area contributed by atoms with Gasteiger partial charge in [0.25, 0.3) is 11.8 Å². The summed E-state index contributed by atoms with van der Waals surface area (Å²) in [5.74, 6) is 0.286. The van der Waals surface area contributed by atoms with Crippen LogP contribution in [0.2, 0.25) is 0 Å². The van der Waals surface area contributed by atoms with Crippen molar-refractivity contribution in [2.75, 3.05) is 5.32 Å². The van der Waals surface area contributed by atoms with Crippen LogP contribution >= 0.6 is 0 Å². The summed E-state index contributed by atoms with van der Waals surface area (Å²) in [5, 5.41) is 14.5. The van der Waals surface area contributed by atoms with E-state index in [4.69, 9.17) is 8.83 Å². The molecule has 0 saturated heterocycles. The molecule has 114 valence electrons. The molecule has 1 N–H and O–H groups in total. The smallest absolute Gasteiger partial charge is 0.322 e. The number of carbonyl (C=O) groups is 1. The molecule has 0 radical (unpaired) electrons. The molecule has 0 aliphatic carbocycles. The maximum Gasteiger partial charge on any atom is 0.322 e. The van der Waals surface area contributed by atoms with Crippen molar-refractivity contribution < 1.29 is 13.6 Å². The monoisotopic (exact) mass is 301 g/mol. The fourth-order valence-electron chi connectivity index (χ4n) is 2.01. The minimum Gasteiger partial charge on any atom is -0.459 e. The highest BCUT2D eigenvalue weighted by Crippen LogP contribution is 2.20. The number of carbonyl (C=O) groups excluding carboxylic acids is 1. The zero-order chi connectivity index (χ0) is 15.7. The Balaban J connectivity index is 1.80. The Labute approximate surface area is 126 Å². The van der Waals surface area contributed by atoms with Crippen LogP contribution in [0.15, 0.2) is 33.3 Å². The maximum absolute atomic E-state index is 12.3. The number of furan rings is 1. The van der Waals surface area contributed by atoms with Crippen LogP contribution in [-0.2, 0) is 0 Å². The number of aromatic nitrogens is 4. The van der Waals surface area contributed by atoms with Gasteiger partial charge in [-0.25, -0.2) is 0 Å². The lowest BCUT2D eigenvalue weighted by atomic mass is 10.3. The van der Waals surface area contributed by atoms with Crippen molar-refractivity contribution in [2.24, 2.45) is 0 Å². The number of anilines is 1. The van der Waals surface area contributed by atoms with E-state index in [0.29, 0.717) is 11.5 Å². The number of hydrogen-bond donors (Lipinski definition) is 1. The Bertz CT molecular complexity index is 785. The van der Waals surface area contributed by atoms with E-state index >= 15 is 0 Å². The van der Waals surface area contributed by atoms with Gasteiger partial charge in [0.2, 0.25) is 0 Å². The van der Waals surface area contributed by atoms with Gasteiger partial charge in [-0.1, -0.05) is 5.10 Å². The molecule has 3 rings (SSSR count). The average molecular weight is 301 g/mol. The van der Waals surface area contributed by atoms with Gasteiger partial charge in [-0.3, -0.25) is 14.8 Å². The Kier molecular flexibility index (Phi) is 3.50. The summed E-state index contributed by atoms with van der Waals surface area (Å²) >= 11 is 0. The molecule has 1 amide bonds. The van der Waals surface area contributed by atoms with Crippen LogP contribution in [0.1, 0.15) is 36.1 Å². The molecule has 3 aromatic heterocycles. The predicted molar refractivity (Wildman–Crippen MR) is 77.3 cm³/mol. The van der Waals surface area contributed by atoms with Crippen LogP contribution in [0, 0.1) is 6.92 Å². The highest BCUT2D eigenvalue weighted by molar-refractivity contribution is 6.02. The fraction of sp³-hybridized carbons (Fsp3) is 0.286. The first-order valence-electron chi connectivity index (χ1n) is 6.79. The molecule has 0 aromatic carbocycles. The van der Waals surface area contributed by atoms with Crippen LogP contribution < -0.4 is 5.32 Å². The lowest BCUT2D eigenvalue weighted by molar-refractivity contribution is 0.101. The second-order valence-electron chi connectivity index (χ2n) is 5.05. The van der Waals surface area contributed by atoms with Crippen molar-refractivity contribution in [3.63, 3.8) is 0 Å². The second-order valence-corrected chi connectivity index (χ2v) is 5.05. The molecule has 0 fully saturated rings. The summed E-state index contributed by atoms with van der Waals surface area (Å²) in [6.07, 6.45) is 1.50. The highest BCUT2D eigenvalue weighted by atomic mass is 16.4. The van der Waals surface area contributed by atoms with E-state index in [9.17, 15) is 4.79 Å². The molecule has 0 bridgehead atoms. The summed E-state index contributed by atoms with van der Waals surface area (Å²) in [6.45, 7) is 5.73. The zero-order valence-corrected chi connectivity index (χ0v) is 12.4. The quantitative estimate of drug-likeness (QED) is 0.795. The summed E-state index contributed by atoms with van der Waals surface area (Å²) in [5.41, 5.74) is 1.20. The average Bonchev–Trinajstić information content (AvgIpc) is 3.16. The van der Waals surface area contributed by atoms with Crippen LogP contribution in [0.5, 0.6) is 0 Å². The molecular weight excluding hydrogens is 286 g/mol. The van der Waals surface area contributed by atoms with Gasteiger partial charge in [0.15, 0.2) is 5.76 Å². The van der Waals surface area contributed by atoms with Crippen molar-refractivity contribution in [3.05, 3.63) is 35.9 Å². The van der Waals surface area contributed by atoms with Gasteiger partial charge in [-0.15, -0.1) is 5.10 Å². The van der Waals surface area contributed by atoms with E-state index in [-0.39, 0.29) is 23.9 Å². The van der Waals surface area contributed by atoms with E-state index in [0.717, 1.165) is 5.69 Å². The fourth-order valence-corrected chi connectivity index (χ4v) is 2.01. The van der Waals surface area contributed by atoms with Crippen LogP contribution in [0.25, 0.3) is 11.7 Å². The van der Waals surface area contributed by atoms with Crippen molar-refractivity contribution >= 4 is 11.9 Å². The van der Waals surface area contributed by atoms with Crippen molar-refractivity contribution in [2.45, 2.75) is 26.8 Å². The van der Waals surface area contributed by atoms with Crippen molar-refractivity contribution in [1.82, 2.24) is 20.0 Å². The van der Waals surface area contributed by atoms with Gasteiger partial charge in [-0.2, -0.15) is 5.10 Å². The molecule has 0 unspecified atom stereocenters. The van der Waals surface area contributed by atoms with Crippen molar-refractivity contribution in [1.29, 1.82) is 0 Å². The van der Waals surface area contributed by atoms with Gasteiger partial charge >= 0.3 is 6.01 Å².